The summed E-state index contributed by atoms with van der Waals surface area (Å²) in [7, 11) is 0. The van der Waals surface area contributed by atoms with Crippen LogP contribution in [0.1, 0.15) is 30.1 Å². The highest BCUT2D eigenvalue weighted by atomic mass is 35.5. The molecule has 0 saturated carbocycles. The molecule has 1 saturated heterocycles. The van der Waals surface area contributed by atoms with E-state index in [0.29, 0.717) is 23.0 Å². The number of nitrogens with zero attached hydrogens (tertiary/aromatic N) is 1. The van der Waals surface area contributed by atoms with E-state index in [2.05, 4.69) is 6.92 Å². The fourth-order valence-corrected chi connectivity index (χ4v) is 2.84. The van der Waals surface area contributed by atoms with Crippen LogP contribution >= 0.6 is 24.0 Å². The summed E-state index contributed by atoms with van der Waals surface area (Å²) in [6.07, 6.45) is 2.19. The highest BCUT2D eigenvalue weighted by molar-refractivity contribution is 6.30. The molecule has 1 amide bonds. The molecule has 2 N–H and O–H groups in total. The number of carbonyl (C=O) groups excluding carboxylic acids is 1. The van der Waals surface area contributed by atoms with Gasteiger partial charge in [0.2, 0.25) is 0 Å². The molecule has 1 fully saturated rings. The quantitative estimate of drug-likeness (QED) is 0.913. The SMILES string of the molecule is CC1CCCN(C(=O)c2cccc(Cl)c2)C1CN.Cl. The molecular weight excluding hydrogens is 283 g/mol. The van der Waals surface area contributed by atoms with Gasteiger partial charge in [0.05, 0.1) is 0 Å². The monoisotopic (exact) mass is 302 g/mol. The number of likely N-dealkylation sites (tertiary alicyclic amines) is 1. The Morgan fingerprint density at radius 2 is 2.26 bits per heavy atom. The minimum Gasteiger partial charge on any atom is -0.334 e. The van der Waals surface area contributed by atoms with Crippen LogP contribution in [0.4, 0.5) is 0 Å². The second kappa shape index (κ2) is 7.13. The fourth-order valence-electron chi connectivity index (χ4n) is 2.65. The van der Waals surface area contributed by atoms with Crippen molar-refractivity contribution in [3.63, 3.8) is 0 Å². The first-order valence-corrected chi connectivity index (χ1v) is 6.78. The van der Waals surface area contributed by atoms with Crippen molar-refractivity contribution in [3.8, 4) is 0 Å². The van der Waals surface area contributed by atoms with E-state index in [1.165, 1.54) is 0 Å². The van der Waals surface area contributed by atoms with Crippen molar-refractivity contribution in [1.29, 1.82) is 0 Å². The Balaban J connectivity index is 0.00000180. The Labute approximate surface area is 125 Å². The summed E-state index contributed by atoms with van der Waals surface area (Å²) in [6.45, 7) is 3.47. The highest BCUT2D eigenvalue weighted by Gasteiger charge is 2.31. The van der Waals surface area contributed by atoms with Gasteiger partial charge >= 0.3 is 0 Å². The Hall–Kier alpha value is -0.770. The maximum atomic E-state index is 12.5. The van der Waals surface area contributed by atoms with Gasteiger partial charge in [-0.25, -0.2) is 0 Å². The molecule has 1 heterocycles. The Kier molecular flexibility index (Phi) is 6.11. The van der Waals surface area contributed by atoms with Gasteiger partial charge in [0.15, 0.2) is 0 Å². The first kappa shape index (κ1) is 16.3. The van der Waals surface area contributed by atoms with Gasteiger partial charge in [0.1, 0.15) is 0 Å². The van der Waals surface area contributed by atoms with Gasteiger partial charge in [-0.2, -0.15) is 0 Å². The number of nitrogens with two attached hydrogens (primary N) is 1. The van der Waals surface area contributed by atoms with Crippen molar-refractivity contribution >= 4 is 29.9 Å². The van der Waals surface area contributed by atoms with E-state index in [0.717, 1.165) is 19.4 Å². The molecule has 1 aromatic carbocycles. The molecule has 0 bridgehead atoms. The number of rotatable bonds is 2. The number of carbonyl (C=O) groups is 1. The second-order valence-corrected chi connectivity index (χ2v) is 5.37. The van der Waals surface area contributed by atoms with E-state index in [4.69, 9.17) is 17.3 Å². The Bertz CT molecular complexity index is 439. The molecule has 0 aliphatic carbocycles. The van der Waals surface area contributed by atoms with Crippen LogP contribution in [0.25, 0.3) is 0 Å². The van der Waals surface area contributed by atoms with Crippen molar-refractivity contribution in [2.24, 2.45) is 11.7 Å². The molecule has 1 aliphatic heterocycles. The zero-order valence-electron chi connectivity index (χ0n) is 11.0. The van der Waals surface area contributed by atoms with Gasteiger partial charge in [-0.15, -0.1) is 12.4 Å². The second-order valence-electron chi connectivity index (χ2n) is 4.93. The number of hydrogen-bond acceptors (Lipinski definition) is 2. The molecule has 2 unspecified atom stereocenters. The smallest absolute Gasteiger partial charge is 0.254 e. The van der Waals surface area contributed by atoms with Crippen molar-refractivity contribution in [2.75, 3.05) is 13.1 Å². The van der Waals surface area contributed by atoms with Gasteiger partial charge < -0.3 is 10.6 Å². The van der Waals surface area contributed by atoms with E-state index in [1.54, 1.807) is 24.3 Å². The number of halogens is 2. The lowest BCUT2D eigenvalue weighted by Crippen LogP contribution is -2.51. The molecule has 5 heteroatoms. The summed E-state index contributed by atoms with van der Waals surface area (Å²) in [4.78, 5) is 14.4. The highest BCUT2D eigenvalue weighted by Crippen LogP contribution is 2.24. The standard InChI is InChI=1S/C14H19ClN2O.ClH/c1-10-4-3-7-17(13(10)9-16)14(18)11-5-2-6-12(15)8-11;/h2,5-6,8,10,13H,3-4,7,9,16H2,1H3;1H. The van der Waals surface area contributed by atoms with Crippen LogP contribution in [0.2, 0.25) is 5.02 Å². The van der Waals surface area contributed by atoms with Crippen molar-refractivity contribution < 1.29 is 4.79 Å². The molecule has 19 heavy (non-hydrogen) atoms. The van der Waals surface area contributed by atoms with E-state index in [-0.39, 0.29) is 24.4 Å². The number of benzene rings is 1. The molecule has 1 aromatic rings. The largest absolute Gasteiger partial charge is 0.334 e. The molecule has 2 atom stereocenters. The fraction of sp³-hybridized carbons (Fsp3) is 0.500. The number of piperidine rings is 1. The average molecular weight is 303 g/mol. The maximum absolute atomic E-state index is 12.5. The lowest BCUT2D eigenvalue weighted by Gasteiger charge is -2.39. The topological polar surface area (TPSA) is 46.3 Å². The maximum Gasteiger partial charge on any atom is 0.254 e. The van der Waals surface area contributed by atoms with Gasteiger partial charge in [-0.05, 0) is 37.0 Å². The molecular formula is C14H20Cl2N2O. The summed E-state index contributed by atoms with van der Waals surface area (Å²) in [6, 6.07) is 7.25. The lowest BCUT2D eigenvalue weighted by molar-refractivity contribution is 0.0532. The molecule has 0 radical (unpaired) electrons. The van der Waals surface area contributed by atoms with E-state index in [1.807, 2.05) is 4.90 Å². The van der Waals surface area contributed by atoms with Crippen molar-refractivity contribution in [1.82, 2.24) is 4.90 Å². The zero-order chi connectivity index (χ0) is 13.1. The zero-order valence-corrected chi connectivity index (χ0v) is 12.6. The Morgan fingerprint density at radius 3 is 2.89 bits per heavy atom. The van der Waals surface area contributed by atoms with Crippen LogP contribution in [0.3, 0.4) is 0 Å². The third-order valence-corrected chi connectivity index (χ3v) is 3.92. The van der Waals surface area contributed by atoms with Crippen molar-refractivity contribution in [3.05, 3.63) is 34.9 Å². The summed E-state index contributed by atoms with van der Waals surface area (Å²) in [5.74, 6) is 0.506. The summed E-state index contributed by atoms with van der Waals surface area (Å²) in [5.41, 5.74) is 6.46. The Morgan fingerprint density at radius 1 is 1.53 bits per heavy atom. The molecule has 1 aliphatic rings. The third kappa shape index (κ3) is 3.62. The number of hydrogen-bond donors (Lipinski definition) is 1. The van der Waals surface area contributed by atoms with Gasteiger partial charge in [0.25, 0.3) is 5.91 Å². The molecule has 2 rings (SSSR count). The molecule has 0 aromatic heterocycles. The average Bonchev–Trinajstić information content (AvgIpc) is 2.37. The molecule has 106 valence electrons. The summed E-state index contributed by atoms with van der Waals surface area (Å²) >= 11 is 5.93. The minimum absolute atomic E-state index is 0. The van der Waals surface area contributed by atoms with Crippen LogP contribution in [-0.4, -0.2) is 29.9 Å². The van der Waals surface area contributed by atoms with Gasteiger partial charge in [0, 0.05) is 29.7 Å². The van der Waals surface area contributed by atoms with E-state index in [9.17, 15) is 4.79 Å². The molecule has 3 nitrogen and oxygen atoms in total. The van der Waals surface area contributed by atoms with Gasteiger partial charge in [-0.1, -0.05) is 24.6 Å². The van der Waals surface area contributed by atoms with Crippen molar-refractivity contribution in [2.45, 2.75) is 25.8 Å². The first-order valence-electron chi connectivity index (χ1n) is 6.40. The first-order chi connectivity index (χ1) is 8.63. The third-order valence-electron chi connectivity index (χ3n) is 3.69. The predicted octanol–water partition coefficient (Wildman–Crippen LogP) is 2.96. The normalized spacial score (nSPS) is 22.8. The van der Waals surface area contributed by atoms with Crippen LogP contribution in [0.5, 0.6) is 0 Å². The van der Waals surface area contributed by atoms with Crippen LogP contribution in [-0.2, 0) is 0 Å². The molecule has 0 spiro atoms. The minimum atomic E-state index is 0. The predicted molar refractivity (Wildman–Crippen MR) is 81.0 cm³/mol. The van der Waals surface area contributed by atoms with Crippen LogP contribution in [0.15, 0.2) is 24.3 Å². The van der Waals surface area contributed by atoms with Crippen LogP contribution < -0.4 is 5.73 Å². The van der Waals surface area contributed by atoms with E-state index < -0.39 is 0 Å². The summed E-state index contributed by atoms with van der Waals surface area (Å²) < 4.78 is 0. The van der Waals surface area contributed by atoms with E-state index >= 15 is 0 Å². The van der Waals surface area contributed by atoms with Crippen LogP contribution in [0, 0.1) is 5.92 Å². The number of amides is 1. The van der Waals surface area contributed by atoms with Gasteiger partial charge in [-0.3, -0.25) is 4.79 Å². The summed E-state index contributed by atoms with van der Waals surface area (Å²) in [5, 5.41) is 0.593. The lowest BCUT2D eigenvalue weighted by atomic mass is 9.90.